The summed E-state index contributed by atoms with van der Waals surface area (Å²) in [5.74, 6) is 0.961. The standard InChI is InChI=1S/C18H20N6OS/c1-4-19-18(25)24(26)16-8-7-14-17(23-16)22-15(10-20-14)21-13-6-5-11(2)9-12(13)3/h5-10,26H,4H2,1-3H3,(H,19,25)(H,21,22,23). The number of carbonyl (C=O) groups excluding carboxylic acids is 1. The van der Waals surface area contributed by atoms with Crippen LogP contribution in [0.5, 0.6) is 0 Å². The number of urea groups is 1. The van der Waals surface area contributed by atoms with Crippen LogP contribution in [0, 0.1) is 13.8 Å². The number of pyridine rings is 1. The summed E-state index contributed by atoms with van der Waals surface area (Å²) in [5.41, 5.74) is 4.34. The van der Waals surface area contributed by atoms with Crippen molar-refractivity contribution in [2.75, 3.05) is 16.2 Å². The summed E-state index contributed by atoms with van der Waals surface area (Å²) < 4.78 is 1.15. The molecule has 26 heavy (non-hydrogen) atoms. The van der Waals surface area contributed by atoms with E-state index in [1.807, 2.05) is 26.0 Å². The number of rotatable bonds is 4. The number of hydrogen-bond acceptors (Lipinski definition) is 6. The molecule has 3 aromatic rings. The predicted octanol–water partition coefficient (Wildman–Crippen LogP) is 3.77. The Morgan fingerprint density at radius 1 is 1.19 bits per heavy atom. The van der Waals surface area contributed by atoms with Crippen LogP contribution in [0.1, 0.15) is 18.1 Å². The van der Waals surface area contributed by atoms with Crippen LogP contribution in [0.15, 0.2) is 36.5 Å². The van der Waals surface area contributed by atoms with Crippen LogP contribution in [-0.2, 0) is 0 Å². The average molecular weight is 368 g/mol. The molecule has 0 aliphatic rings. The number of thiol groups is 1. The van der Waals surface area contributed by atoms with Crippen molar-refractivity contribution >= 4 is 47.3 Å². The van der Waals surface area contributed by atoms with Gasteiger partial charge in [0, 0.05) is 12.2 Å². The third kappa shape index (κ3) is 3.85. The zero-order chi connectivity index (χ0) is 18.7. The highest BCUT2D eigenvalue weighted by Crippen LogP contribution is 2.22. The number of aryl methyl sites for hydroxylation is 2. The lowest BCUT2D eigenvalue weighted by Crippen LogP contribution is -2.34. The second kappa shape index (κ2) is 7.57. The molecule has 0 radical (unpaired) electrons. The molecule has 0 spiro atoms. The Morgan fingerprint density at radius 2 is 2.00 bits per heavy atom. The lowest BCUT2D eigenvalue weighted by molar-refractivity contribution is 0.250. The Hall–Kier alpha value is -2.87. The number of benzene rings is 1. The minimum atomic E-state index is -0.347. The SMILES string of the molecule is CCNC(=O)N(S)c1ccc2ncc(Nc3ccc(C)cc3C)nc2n1. The molecular formula is C18H20N6OS. The monoisotopic (exact) mass is 368 g/mol. The Labute approximate surface area is 157 Å². The zero-order valence-electron chi connectivity index (χ0n) is 14.8. The number of hydrogen-bond donors (Lipinski definition) is 3. The van der Waals surface area contributed by atoms with Gasteiger partial charge in [0.15, 0.2) is 11.5 Å². The van der Waals surface area contributed by atoms with E-state index in [-0.39, 0.29) is 6.03 Å². The molecule has 7 nitrogen and oxygen atoms in total. The predicted molar refractivity (Wildman–Crippen MR) is 107 cm³/mol. The highest BCUT2D eigenvalue weighted by atomic mass is 32.1. The summed E-state index contributed by atoms with van der Waals surface area (Å²) in [6, 6.07) is 9.22. The van der Waals surface area contributed by atoms with Crippen LogP contribution in [0.3, 0.4) is 0 Å². The summed E-state index contributed by atoms with van der Waals surface area (Å²) >= 11 is 4.20. The molecule has 2 N–H and O–H groups in total. The summed E-state index contributed by atoms with van der Waals surface area (Å²) in [6.45, 7) is 6.43. The van der Waals surface area contributed by atoms with Crippen LogP contribution < -0.4 is 14.9 Å². The molecule has 2 heterocycles. The topological polar surface area (TPSA) is 83.0 Å². The first kappa shape index (κ1) is 17.9. The summed E-state index contributed by atoms with van der Waals surface area (Å²) in [4.78, 5) is 25.2. The van der Waals surface area contributed by atoms with Gasteiger partial charge in [-0.25, -0.2) is 24.1 Å². The third-order valence-electron chi connectivity index (χ3n) is 3.77. The molecule has 0 bridgehead atoms. The normalized spacial score (nSPS) is 10.6. The molecule has 0 fully saturated rings. The molecule has 0 saturated heterocycles. The lowest BCUT2D eigenvalue weighted by atomic mass is 10.1. The Balaban J connectivity index is 1.90. The first-order valence-corrected chi connectivity index (χ1v) is 8.63. The second-order valence-corrected chi connectivity index (χ2v) is 6.26. The van der Waals surface area contributed by atoms with Crippen molar-refractivity contribution in [2.45, 2.75) is 20.8 Å². The van der Waals surface area contributed by atoms with E-state index in [2.05, 4.69) is 51.4 Å². The van der Waals surface area contributed by atoms with Gasteiger partial charge in [-0.15, -0.1) is 0 Å². The molecule has 2 aromatic heterocycles. The van der Waals surface area contributed by atoms with E-state index < -0.39 is 0 Å². The number of nitrogens with one attached hydrogen (secondary N) is 2. The van der Waals surface area contributed by atoms with Gasteiger partial charge < -0.3 is 10.6 Å². The first-order chi connectivity index (χ1) is 12.5. The van der Waals surface area contributed by atoms with Gasteiger partial charge in [0.05, 0.1) is 6.20 Å². The van der Waals surface area contributed by atoms with Crippen molar-refractivity contribution in [3.63, 3.8) is 0 Å². The fourth-order valence-corrected chi connectivity index (χ4v) is 2.67. The van der Waals surface area contributed by atoms with Gasteiger partial charge in [-0.3, -0.25) is 0 Å². The molecule has 0 atom stereocenters. The van der Waals surface area contributed by atoms with Gasteiger partial charge in [0.2, 0.25) is 0 Å². The van der Waals surface area contributed by atoms with Crippen molar-refractivity contribution < 1.29 is 4.79 Å². The average Bonchev–Trinajstić information content (AvgIpc) is 2.63. The Kier molecular flexibility index (Phi) is 5.22. The molecule has 2 amide bonds. The number of nitrogens with zero attached hydrogens (tertiary/aromatic N) is 4. The van der Waals surface area contributed by atoms with E-state index in [1.54, 1.807) is 18.3 Å². The van der Waals surface area contributed by atoms with E-state index in [0.717, 1.165) is 15.6 Å². The van der Waals surface area contributed by atoms with Crippen molar-refractivity contribution in [3.8, 4) is 0 Å². The summed E-state index contributed by atoms with van der Waals surface area (Å²) in [6.07, 6.45) is 1.66. The van der Waals surface area contributed by atoms with E-state index in [9.17, 15) is 4.79 Å². The Bertz CT molecular complexity index is 962. The number of amides is 2. The lowest BCUT2D eigenvalue weighted by Gasteiger charge is -2.15. The van der Waals surface area contributed by atoms with E-state index >= 15 is 0 Å². The van der Waals surface area contributed by atoms with Crippen LogP contribution in [0.25, 0.3) is 11.2 Å². The Morgan fingerprint density at radius 3 is 2.73 bits per heavy atom. The van der Waals surface area contributed by atoms with E-state index in [0.29, 0.717) is 29.3 Å². The first-order valence-electron chi connectivity index (χ1n) is 8.23. The van der Waals surface area contributed by atoms with Crippen LogP contribution in [0.2, 0.25) is 0 Å². The fraction of sp³-hybridized carbons (Fsp3) is 0.222. The molecule has 134 valence electrons. The van der Waals surface area contributed by atoms with Gasteiger partial charge in [-0.05, 0) is 44.5 Å². The van der Waals surface area contributed by atoms with Crippen molar-refractivity contribution in [1.29, 1.82) is 0 Å². The molecule has 0 unspecified atom stereocenters. The van der Waals surface area contributed by atoms with Gasteiger partial charge in [-0.1, -0.05) is 30.5 Å². The smallest absolute Gasteiger partial charge is 0.333 e. The second-order valence-electron chi connectivity index (χ2n) is 5.86. The van der Waals surface area contributed by atoms with Crippen molar-refractivity contribution in [3.05, 3.63) is 47.7 Å². The maximum absolute atomic E-state index is 11.9. The highest BCUT2D eigenvalue weighted by molar-refractivity contribution is 7.82. The minimum absolute atomic E-state index is 0.347. The largest absolute Gasteiger partial charge is 0.339 e. The number of fused-ring (bicyclic) bond motifs is 1. The molecule has 0 aliphatic heterocycles. The van der Waals surface area contributed by atoms with Crippen molar-refractivity contribution in [1.82, 2.24) is 20.3 Å². The maximum atomic E-state index is 11.9. The maximum Gasteiger partial charge on any atom is 0.333 e. The molecule has 1 aromatic carbocycles. The van der Waals surface area contributed by atoms with E-state index in [1.165, 1.54) is 5.56 Å². The zero-order valence-corrected chi connectivity index (χ0v) is 15.7. The van der Waals surface area contributed by atoms with Gasteiger partial charge in [0.25, 0.3) is 0 Å². The summed E-state index contributed by atoms with van der Waals surface area (Å²) in [5, 5.41) is 5.93. The van der Waals surface area contributed by atoms with Crippen LogP contribution in [-0.4, -0.2) is 27.5 Å². The molecule has 0 saturated carbocycles. The van der Waals surface area contributed by atoms with Gasteiger partial charge >= 0.3 is 6.03 Å². The molecular weight excluding hydrogens is 348 g/mol. The number of aromatic nitrogens is 3. The van der Waals surface area contributed by atoms with Crippen molar-refractivity contribution in [2.24, 2.45) is 0 Å². The van der Waals surface area contributed by atoms with Gasteiger partial charge in [0.1, 0.15) is 11.3 Å². The van der Waals surface area contributed by atoms with E-state index in [4.69, 9.17) is 0 Å². The van der Waals surface area contributed by atoms with Gasteiger partial charge in [-0.2, -0.15) is 0 Å². The van der Waals surface area contributed by atoms with Crippen LogP contribution >= 0.6 is 12.8 Å². The third-order valence-corrected chi connectivity index (χ3v) is 4.16. The van der Waals surface area contributed by atoms with Crippen LogP contribution in [0.4, 0.5) is 22.1 Å². The summed E-state index contributed by atoms with van der Waals surface area (Å²) in [7, 11) is 0. The molecule has 8 heteroatoms. The quantitative estimate of drug-likeness (QED) is 0.611. The molecule has 0 aliphatic carbocycles. The fourth-order valence-electron chi connectivity index (χ4n) is 2.49. The number of anilines is 3. The minimum Gasteiger partial charge on any atom is -0.339 e. The highest BCUT2D eigenvalue weighted by Gasteiger charge is 2.13. The number of carbonyl (C=O) groups is 1. The molecule has 3 rings (SSSR count).